The maximum absolute atomic E-state index is 10.6. The van der Waals surface area contributed by atoms with Gasteiger partial charge in [0.05, 0.1) is 0 Å². The molecule has 0 amide bonds. The van der Waals surface area contributed by atoms with E-state index in [0.717, 1.165) is 12.7 Å². The first kappa shape index (κ1) is 11.0. The molecule has 0 saturated carbocycles. The van der Waals surface area contributed by atoms with E-state index in [1.54, 1.807) is 0 Å². The molecule has 0 heterocycles. The van der Waals surface area contributed by atoms with E-state index in [0.29, 0.717) is 6.42 Å². The Kier molecular flexibility index (Phi) is 3.45. The maximum Gasteiger partial charge on any atom is 0.120 e. The molecule has 1 aromatic carbocycles. The Morgan fingerprint density at radius 1 is 1.29 bits per heavy atom. The molecule has 0 atom stereocenters. The first-order chi connectivity index (χ1) is 6.61. The smallest absolute Gasteiger partial charge is 0.120 e. The molecule has 0 fully saturated rings. The van der Waals surface area contributed by atoms with Crippen LogP contribution < -0.4 is 0 Å². The van der Waals surface area contributed by atoms with Gasteiger partial charge < -0.3 is 4.79 Å². The Morgan fingerprint density at radius 2 is 1.93 bits per heavy atom. The van der Waals surface area contributed by atoms with Crippen LogP contribution in [0.4, 0.5) is 0 Å². The predicted octanol–water partition coefficient (Wildman–Crippen LogP) is 3.12. The van der Waals surface area contributed by atoms with Crippen molar-refractivity contribution in [3.8, 4) is 0 Å². The van der Waals surface area contributed by atoms with Gasteiger partial charge in [0.25, 0.3) is 0 Å². The van der Waals surface area contributed by atoms with Crippen molar-refractivity contribution in [2.24, 2.45) is 0 Å². The Bertz CT molecular complexity index is 313. The first-order valence-corrected chi connectivity index (χ1v) is 5.14. The third-order valence-electron chi connectivity index (χ3n) is 2.72. The van der Waals surface area contributed by atoms with Crippen LogP contribution in [-0.4, -0.2) is 6.29 Å². The average Bonchev–Trinajstić information content (AvgIpc) is 2.18. The summed E-state index contributed by atoms with van der Waals surface area (Å²) < 4.78 is 0. The Balaban J connectivity index is 3.09. The molecule has 76 valence electrons. The van der Waals surface area contributed by atoms with Gasteiger partial charge in [0.1, 0.15) is 6.29 Å². The molecule has 1 nitrogen and oxygen atoms in total. The zero-order valence-corrected chi connectivity index (χ0v) is 9.21. The van der Waals surface area contributed by atoms with E-state index < -0.39 is 0 Å². The molecule has 1 aromatic rings. The summed E-state index contributed by atoms with van der Waals surface area (Å²) in [5.41, 5.74) is 2.61. The van der Waals surface area contributed by atoms with Gasteiger partial charge in [-0.05, 0) is 23.0 Å². The molecule has 0 N–H and O–H groups in total. The van der Waals surface area contributed by atoms with Gasteiger partial charge in [0, 0.05) is 6.42 Å². The molecule has 0 radical (unpaired) electrons. The highest BCUT2D eigenvalue weighted by molar-refractivity contribution is 5.53. The summed E-state index contributed by atoms with van der Waals surface area (Å²) in [5, 5.41) is 0. The average molecular weight is 190 g/mol. The van der Waals surface area contributed by atoms with E-state index in [-0.39, 0.29) is 5.41 Å². The zero-order chi connectivity index (χ0) is 10.6. The lowest BCUT2D eigenvalue weighted by Gasteiger charge is -2.25. The SMILES string of the molecule is CCc1ccccc1C(C)(C)CC=O. The van der Waals surface area contributed by atoms with Crippen molar-refractivity contribution in [3.63, 3.8) is 0 Å². The number of hydrogen-bond acceptors (Lipinski definition) is 1. The summed E-state index contributed by atoms with van der Waals surface area (Å²) in [6.45, 7) is 6.39. The molecule has 1 heteroatoms. The molecule has 0 aromatic heterocycles. The van der Waals surface area contributed by atoms with E-state index in [2.05, 4.69) is 39.0 Å². The Morgan fingerprint density at radius 3 is 2.50 bits per heavy atom. The van der Waals surface area contributed by atoms with Gasteiger partial charge in [-0.15, -0.1) is 0 Å². The van der Waals surface area contributed by atoms with Crippen LogP contribution >= 0.6 is 0 Å². The lowest BCUT2D eigenvalue weighted by molar-refractivity contribution is -0.108. The van der Waals surface area contributed by atoms with Gasteiger partial charge in [-0.25, -0.2) is 0 Å². The summed E-state index contributed by atoms with van der Waals surface area (Å²) in [7, 11) is 0. The van der Waals surface area contributed by atoms with Crippen molar-refractivity contribution in [1.29, 1.82) is 0 Å². The van der Waals surface area contributed by atoms with Crippen LogP contribution in [0.1, 0.15) is 38.3 Å². The minimum absolute atomic E-state index is 0.0334. The van der Waals surface area contributed by atoms with Gasteiger partial charge in [-0.3, -0.25) is 0 Å². The highest BCUT2D eigenvalue weighted by atomic mass is 16.1. The largest absolute Gasteiger partial charge is 0.303 e. The molecule has 1 rings (SSSR count). The van der Waals surface area contributed by atoms with E-state index >= 15 is 0 Å². The number of rotatable bonds is 4. The molecular formula is C13H18O. The van der Waals surface area contributed by atoms with Gasteiger partial charge in [-0.1, -0.05) is 45.0 Å². The second kappa shape index (κ2) is 4.41. The topological polar surface area (TPSA) is 17.1 Å². The molecule has 0 aliphatic heterocycles. The summed E-state index contributed by atoms with van der Waals surface area (Å²) >= 11 is 0. The summed E-state index contributed by atoms with van der Waals surface area (Å²) in [5.74, 6) is 0. The number of hydrogen-bond donors (Lipinski definition) is 0. The van der Waals surface area contributed by atoms with Crippen LogP contribution in [0.5, 0.6) is 0 Å². The van der Waals surface area contributed by atoms with Crippen LogP contribution in [0, 0.1) is 0 Å². The highest BCUT2D eigenvalue weighted by Crippen LogP contribution is 2.29. The van der Waals surface area contributed by atoms with Crippen LogP contribution in [0.2, 0.25) is 0 Å². The monoisotopic (exact) mass is 190 g/mol. The number of carbonyl (C=O) groups is 1. The molecule has 14 heavy (non-hydrogen) atoms. The molecular weight excluding hydrogens is 172 g/mol. The van der Waals surface area contributed by atoms with Crippen molar-refractivity contribution < 1.29 is 4.79 Å². The van der Waals surface area contributed by atoms with E-state index in [9.17, 15) is 4.79 Å². The second-order valence-corrected chi connectivity index (χ2v) is 4.27. The van der Waals surface area contributed by atoms with E-state index in [4.69, 9.17) is 0 Å². The Hall–Kier alpha value is -1.11. The third-order valence-corrected chi connectivity index (χ3v) is 2.72. The fourth-order valence-corrected chi connectivity index (χ4v) is 1.81. The van der Waals surface area contributed by atoms with Crippen molar-refractivity contribution in [3.05, 3.63) is 35.4 Å². The quantitative estimate of drug-likeness (QED) is 0.667. The van der Waals surface area contributed by atoms with Gasteiger partial charge in [0.15, 0.2) is 0 Å². The molecule has 0 aliphatic rings. The number of benzene rings is 1. The number of aldehydes is 1. The fraction of sp³-hybridized carbons (Fsp3) is 0.462. The summed E-state index contributed by atoms with van der Waals surface area (Å²) in [6.07, 6.45) is 2.62. The number of aryl methyl sites for hydroxylation is 1. The van der Waals surface area contributed by atoms with Crippen LogP contribution in [-0.2, 0) is 16.6 Å². The van der Waals surface area contributed by atoms with Crippen molar-refractivity contribution in [1.82, 2.24) is 0 Å². The standard InChI is InChI=1S/C13H18O/c1-4-11-7-5-6-8-12(11)13(2,3)9-10-14/h5-8,10H,4,9H2,1-3H3. The van der Waals surface area contributed by atoms with E-state index in [1.807, 2.05) is 6.07 Å². The normalized spacial score (nSPS) is 11.4. The Labute approximate surface area is 86.1 Å². The third kappa shape index (κ3) is 2.22. The number of carbonyl (C=O) groups excluding carboxylic acids is 1. The molecule has 0 unspecified atom stereocenters. The van der Waals surface area contributed by atoms with Crippen molar-refractivity contribution >= 4 is 6.29 Å². The van der Waals surface area contributed by atoms with Gasteiger partial charge >= 0.3 is 0 Å². The minimum atomic E-state index is -0.0334. The van der Waals surface area contributed by atoms with Gasteiger partial charge in [0.2, 0.25) is 0 Å². The second-order valence-electron chi connectivity index (χ2n) is 4.27. The summed E-state index contributed by atoms with van der Waals surface area (Å²) in [6, 6.07) is 8.37. The zero-order valence-electron chi connectivity index (χ0n) is 9.21. The van der Waals surface area contributed by atoms with Crippen LogP contribution in [0.25, 0.3) is 0 Å². The van der Waals surface area contributed by atoms with E-state index in [1.165, 1.54) is 11.1 Å². The van der Waals surface area contributed by atoms with Crippen molar-refractivity contribution in [2.45, 2.75) is 39.0 Å². The lowest BCUT2D eigenvalue weighted by atomic mass is 9.79. The van der Waals surface area contributed by atoms with Crippen molar-refractivity contribution in [2.75, 3.05) is 0 Å². The van der Waals surface area contributed by atoms with Crippen LogP contribution in [0.15, 0.2) is 24.3 Å². The maximum atomic E-state index is 10.6. The lowest BCUT2D eigenvalue weighted by Crippen LogP contribution is -2.19. The predicted molar refractivity (Wildman–Crippen MR) is 59.5 cm³/mol. The molecule has 0 aliphatic carbocycles. The highest BCUT2D eigenvalue weighted by Gasteiger charge is 2.21. The van der Waals surface area contributed by atoms with Crippen LogP contribution in [0.3, 0.4) is 0 Å². The molecule has 0 bridgehead atoms. The first-order valence-electron chi connectivity index (χ1n) is 5.14. The molecule has 0 saturated heterocycles. The minimum Gasteiger partial charge on any atom is -0.303 e. The fourth-order valence-electron chi connectivity index (χ4n) is 1.81. The summed E-state index contributed by atoms with van der Waals surface area (Å²) in [4.78, 5) is 10.6. The van der Waals surface area contributed by atoms with Gasteiger partial charge in [-0.2, -0.15) is 0 Å². The molecule has 0 spiro atoms.